The molecule has 0 radical (unpaired) electrons. The van der Waals surface area contributed by atoms with E-state index >= 15 is 0 Å². The predicted octanol–water partition coefficient (Wildman–Crippen LogP) is 3.46. The van der Waals surface area contributed by atoms with Crippen molar-refractivity contribution in [2.45, 2.75) is 33.3 Å². The summed E-state index contributed by atoms with van der Waals surface area (Å²) in [7, 11) is 0. The molecule has 1 aromatic heterocycles. The van der Waals surface area contributed by atoms with Gasteiger partial charge in [0.05, 0.1) is 13.2 Å². The molecule has 1 rings (SSSR count). The second-order valence-corrected chi connectivity index (χ2v) is 7.87. The van der Waals surface area contributed by atoms with Crippen molar-refractivity contribution in [1.82, 2.24) is 9.88 Å². The summed E-state index contributed by atoms with van der Waals surface area (Å²) >= 11 is 2.16. The van der Waals surface area contributed by atoms with Crippen molar-refractivity contribution < 1.29 is 23.8 Å². The van der Waals surface area contributed by atoms with Gasteiger partial charge in [0.1, 0.15) is 18.5 Å². The number of ether oxygens (including phenoxy) is 3. The fourth-order valence-corrected chi connectivity index (χ4v) is 2.20. The van der Waals surface area contributed by atoms with Crippen LogP contribution in [0.3, 0.4) is 0 Å². The average molecular weight is 490 g/mol. The van der Waals surface area contributed by atoms with Crippen LogP contribution in [-0.2, 0) is 14.3 Å². The van der Waals surface area contributed by atoms with Crippen molar-refractivity contribution in [3.05, 3.63) is 33.5 Å². The Morgan fingerprint density at radius 1 is 1.33 bits per heavy atom. The number of carbonyl (C=O) groups excluding carboxylic acids is 2. The summed E-state index contributed by atoms with van der Waals surface area (Å²) in [6.07, 6.45) is 3.62. The van der Waals surface area contributed by atoms with E-state index in [2.05, 4.69) is 27.6 Å². The van der Waals surface area contributed by atoms with Gasteiger partial charge in [0.25, 0.3) is 0 Å². The second kappa shape index (κ2) is 11.9. The van der Waals surface area contributed by atoms with E-state index in [9.17, 15) is 9.59 Å². The van der Waals surface area contributed by atoms with Gasteiger partial charge in [-0.15, -0.1) is 0 Å². The van der Waals surface area contributed by atoms with E-state index in [0.717, 1.165) is 9.86 Å². The lowest BCUT2D eigenvalue weighted by Crippen LogP contribution is -2.39. The van der Waals surface area contributed by atoms with Crippen LogP contribution in [0.5, 0.6) is 5.88 Å². The maximum atomic E-state index is 12.4. The molecule has 1 heterocycles. The minimum absolute atomic E-state index is 0.214. The molecule has 0 aliphatic heterocycles. The van der Waals surface area contributed by atoms with Crippen LogP contribution in [0, 0.1) is 3.57 Å². The van der Waals surface area contributed by atoms with E-state index in [0.29, 0.717) is 24.6 Å². The number of carbonyl (C=O) groups is 2. The lowest BCUT2D eigenvalue weighted by atomic mass is 10.2. The summed E-state index contributed by atoms with van der Waals surface area (Å²) in [6.45, 7) is 8.75. The molecule has 0 spiro atoms. The molecule has 0 atom stereocenters. The topological polar surface area (TPSA) is 78.0 Å². The number of halogens is 1. The summed E-state index contributed by atoms with van der Waals surface area (Å²) in [4.78, 5) is 29.2. The molecule has 1 aromatic rings. The molecule has 0 fully saturated rings. The first-order valence-corrected chi connectivity index (χ1v) is 9.77. The Morgan fingerprint density at radius 2 is 2.07 bits per heavy atom. The highest BCUT2D eigenvalue weighted by Crippen LogP contribution is 2.12. The van der Waals surface area contributed by atoms with Crippen LogP contribution < -0.4 is 4.74 Å². The maximum Gasteiger partial charge on any atom is 0.410 e. The van der Waals surface area contributed by atoms with Crippen LogP contribution >= 0.6 is 22.6 Å². The molecule has 8 heteroatoms. The molecule has 0 saturated heterocycles. The number of amides is 1. The van der Waals surface area contributed by atoms with Crippen LogP contribution in [0.1, 0.15) is 27.7 Å². The highest BCUT2D eigenvalue weighted by Gasteiger charge is 2.21. The highest BCUT2D eigenvalue weighted by atomic mass is 127. The summed E-state index contributed by atoms with van der Waals surface area (Å²) in [5, 5.41) is 0. The first kappa shape index (κ1) is 23.4. The van der Waals surface area contributed by atoms with Crippen molar-refractivity contribution in [2.75, 3.05) is 32.9 Å². The van der Waals surface area contributed by atoms with E-state index in [-0.39, 0.29) is 19.8 Å². The monoisotopic (exact) mass is 490 g/mol. The van der Waals surface area contributed by atoms with Gasteiger partial charge in [-0.1, -0.05) is 6.08 Å². The summed E-state index contributed by atoms with van der Waals surface area (Å²) in [5.74, 6) is 0.486. The lowest BCUT2D eigenvalue weighted by molar-refractivity contribution is -0.105. The van der Waals surface area contributed by atoms with Crippen LogP contribution in [-0.4, -0.2) is 60.8 Å². The first-order valence-electron chi connectivity index (χ1n) is 8.69. The number of aromatic nitrogens is 1. The Labute approximate surface area is 174 Å². The Bertz CT molecular complexity index is 626. The third kappa shape index (κ3) is 10.3. The zero-order valence-electron chi connectivity index (χ0n) is 16.2. The summed E-state index contributed by atoms with van der Waals surface area (Å²) in [5.41, 5.74) is -0.137. The number of nitrogens with zero attached hydrogens (tertiary/aromatic N) is 2. The van der Waals surface area contributed by atoms with Gasteiger partial charge in [0, 0.05) is 34.6 Å². The lowest BCUT2D eigenvalue weighted by Gasteiger charge is -2.26. The minimum atomic E-state index is -0.615. The molecule has 0 saturated carbocycles. The fraction of sp³-hybridized carbons (Fsp3) is 0.526. The van der Waals surface area contributed by atoms with E-state index < -0.39 is 11.7 Å². The van der Waals surface area contributed by atoms with Crippen LogP contribution in [0.2, 0.25) is 0 Å². The Morgan fingerprint density at radius 3 is 2.63 bits per heavy atom. The second-order valence-electron chi connectivity index (χ2n) is 6.62. The van der Waals surface area contributed by atoms with Gasteiger partial charge in [0.15, 0.2) is 0 Å². The van der Waals surface area contributed by atoms with Gasteiger partial charge in [-0.3, -0.25) is 4.79 Å². The molecule has 1 amide bonds. The number of hydrogen-bond acceptors (Lipinski definition) is 6. The zero-order chi connectivity index (χ0) is 20.3. The SMILES string of the molecule is CCOC/C(C=O)=C/CN(CCOc1ccc(I)cn1)C(=O)OC(C)(C)C. The van der Waals surface area contributed by atoms with Crippen LogP contribution in [0.4, 0.5) is 4.79 Å². The molecule has 0 aliphatic rings. The normalized spacial score (nSPS) is 11.8. The molecule has 0 bridgehead atoms. The van der Waals surface area contributed by atoms with Crippen LogP contribution in [0.25, 0.3) is 0 Å². The Kier molecular flexibility index (Phi) is 10.3. The smallest absolute Gasteiger partial charge is 0.410 e. The zero-order valence-corrected chi connectivity index (χ0v) is 18.4. The summed E-state index contributed by atoms with van der Waals surface area (Å²) < 4.78 is 17.3. The first-order chi connectivity index (χ1) is 12.7. The van der Waals surface area contributed by atoms with Gasteiger partial charge in [-0.05, 0) is 56.4 Å². The average Bonchev–Trinajstić information content (AvgIpc) is 2.60. The highest BCUT2D eigenvalue weighted by molar-refractivity contribution is 14.1. The van der Waals surface area contributed by atoms with Crippen molar-refractivity contribution in [3.63, 3.8) is 0 Å². The molecule has 0 unspecified atom stereocenters. The van der Waals surface area contributed by atoms with Crippen LogP contribution in [0.15, 0.2) is 30.0 Å². The minimum Gasteiger partial charge on any atom is -0.476 e. The Balaban J connectivity index is 2.71. The van der Waals surface area contributed by atoms with E-state index in [1.165, 1.54) is 4.90 Å². The maximum absolute atomic E-state index is 12.4. The standard InChI is InChI=1S/C19H27IN2O5/c1-5-25-14-15(13-23)8-9-22(18(24)27-19(2,3)4)10-11-26-17-7-6-16(20)12-21-17/h6-8,12-13H,5,9-11,14H2,1-4H3/b15-8+. The Hall–Kier alpha value is -1.68. The molecular weight excluding hydrogens is 463 g/mol. The molecule has 27 heavy (non-hydrogen) atoms. The van der Waals surface area contributed by atoms with Crippen molar-refractivity contribution in [3.8, 4) is 5.88 Å². The van der Waals surface area contributed by atoms with Crippen molar-refractivity contribution >= 4 is 35.0 Å². The number of pyridine rings is 1. The van der Waals surface area contributed by atoms with Gasteiger partial charge < -0.3 is 19.1 Å². The van der Waals surface area contributed by atoms with Gasteiger partial charge in [0.2, 0.25) is 5.88 Å². The van der Waals surface area contributed by atoms with E-state index in [4.69, 9.17) is 14.2 Å². The summed E-state index contributed by atoms with van der Waals surface area (Å²) in [6, 6.07) is 3.66. The van der Waals surface area contributed by atoms with Crippen molar-refractivity contribution in [1.29, 1.82) is 0 Å². The predicted molar refractivity (Wildman–Crippen MR) is 111 cm³/mol. The third-order valence-corrected chi connectivity index (χ3v) is 3.80. The molecular formula is C19H27IN2O5. The van der Waals surface area contributed by atoms with Gasteiger partial charge in [-0.2, -0.15) is 0 Å². The van der Waals surface area contributed by atoms with E-state index in [1.807, 2.05) is 13.0 Å². The van der Waals surface area contributed by atoms with E-state index in [1.54, 1.807) is 39.1 Å². The fourth-order valence-electron chi connectivity index (χ4n) is 1.88. The molecule has 7 nitrogen and oxygen atoms in total. The largest absolute Gasteiger partial charge is 0.476 e. The van der Waals surface area contributed by atoms with Gasteiger partial charge >= 0.3 is 6.09 Å². The van der Waals surface area contributed by atoms with Gasteiger partial charge in [-0.25, -0.2) is 9.78 Å². The number of rotatable bonds is 10. The molecule has 0 N–H and O–H groups in total. The quantitative estimate of drug-likeness (QED) is 0.284. The molecule has 0 aromatic carbocycles. The molecule has 150 valence electrons. The number of aldehydes is 1. The number of hydrogen-bond donors (Lipinski definition) is 0. The molecule has 0 aliphatic carbocycles. The van der Waals surface area contributed by atoms with Crippen molar-refractivity contribution in [2.24, 2.45) is 0 Å². The third-order valence-electron chi connectivity index (χ3n) is 3.16.